The maximum Gasteiger partial charge on any atom is 0.326 e. The third-order valence-corrected chi connectivity index (χ3v) is 3.95. The van der Waals surface area contributed by atoms with Gasteiger partial charge in [0, 0.05) is 0 Å². The standard InChI is InChI=1S/C11H16N2O4S/c1-3-8(11(14)15)13-9-6-4-5-7-10(9)18(16,17)12-2/h4-8,12-13H,3H2,1-2H3,(H,14,15). The average molecular weight is 272 g/mol. The number of aliphatic carboxylic acids is 1. The number of hydrogen-bond acceptors (Lipinski definition) is 4. The van der Waals surface area contributed by atoms with Crippen molar-refractivity contribution in [1.82, 2.24) is 4.72 Å². The van der Waals surface area contributed by atoms with Crippen molar-refractivity contribution in [2.45, 2.75) is 24.3 Å². The predicted molar refractivity (Wildman–Crippen MR) is 68.0 cm³/mol. The number of anilines is 1. The van der Waals surface area contributed by atoms with Crippen LogP contribution in [-0.4, -0.2) is 32.6 Å². The van der Waals surface area contributed by atoms with Crippen LogP contribution in [-0.2, 0) is 14.8 Å². The minimum atomic E-state index is -3.61. The van der Waals surface area contributed by atoms with Crippen molar-refractivity contribution < 1.29 is 18.3 Å². The van der Waals surface area contributed by atoms with Crippen molar-refractivity contribution in [3.05, 3.63) is 24.3 Å². The Bertz CT molecular complexity index is 528. The Labute approximate surface area is 106 Å². The highest BCUT2D eigenvalue weighted by atomic mass is 32.2. The molecule has 1 rings (SSSR count). The van der Waals surface area contributed by atoms with Gasteiger partial charge in [0.25, 0.3) is 0 Å². The van der Waals surface area contributed by atoms with Crippen LogP contribution in [0.3, 0.4) is 0 Å². The average Bonchev–Trinajstić information content (AvgIpc) is 2.35. The van der Waals surface area contributed by atoms with Gasteiger partial charge in [0.15, 0.2) is 0 Å². The molecule has 6 nitrogen and oxygen atoms in total. The number of benzene rings is 1. The topological polar surface area (TPSA) is 95.5 Å². The highest BCUT2D eigenvalue weighted by Crippen LogP contribution is 2.21. The van der Waals surface area contributed by atoms with Crippen LogP contribution < -0.4 is 10.0 Å². The number of hydrogen-bond donors (Lipinski definition) is 3. The maximum atomic E-state index is 11.8. The third-order valence-electron chi connectivity index (χ3n) is 2.48. The van der Waals surface area contributed by atoms with Gasteiger partial charge in [-0.25, -0.2) is 17.9 Å². The summed E-state index contributed by atoms with van der Waals surface area (Å²) in [6.45, 7) is 1.71. The van der Waals surface area contributed by atoms with Gasteiger partial charge in [-0.15, -0.1) is 0 Å². The lowest BCUT2D eigenvalue weighted by molar-refractivity contribution is -0.137. The molecule has 0 aliphatic rings. The van der Waals surface area contributed by atoms with E-state index >= 15 is 0 Å². The van der Waals surface area contributed by atoms with Crippen LogP contribution >= 0.6 is 0 Å². The Kier molecular flexibility index (Phi) is 4.69. The highest BCUT2D eigenvalue weighted by Gasteiger charge is 2.20. The van der Waals surface area contributed by atoms with Crippen LogP contribution in [0, 0.1) is 0 Å². The van der Waals surface area contributed by atoms with Gasteiger partial charge in [0.1, 0.15) is 10.9 Å². The number of nitrogens with one attached hydrogen (secondary N) is 2. The first kappa shape index (κ1) is 14.5. The van der Waals surface area contributed by atoms with Gasteiger partial charge in [0.05, 0.1) is 5.69 Å². The van der Waals surface area contributed by atoms with E-state index in [0.29, 0.717) is 6.42 Å². The van der Waals surface area contributed by atoms with Gasteiger partial charge in [-0.05, 0) is 25.6 Å². The normalized spacial score (nSPS) is 13.0. The Morgan fingerprint density at radius 2 is 2.00 bits per heavy atom. The molecule has 0 fully saturated rings. The largest absolute Gasteiger partial charge is 0.480 e. The van der Waals surface area contributed by atoms with E-state index in [2.05, 4.69) is 10.0 Å². The fourth-order valence-corrected chi connectivity index (χ4v) is 2.35. The molecule has 1 atom stereocenters. The summed E-state index contributed by atoms with van der Waals surface area (Å²) in [5, 5.41) is 11.7. The quantitative estimate of drug-likeness (QED) is 0.714. The first-order valence-corrected chi connectivity index (χ1v) is 6.92. The van der Waals surface area contributed by atoms with E-state index in [0.717, 1.165) is 0 Å². The number of sulfonamides is 1. The second-order valence-corrected chi connectivity index (χ2v) is 5.50. The van der Waals surface area contributed by atoms with Crippen LogP contribution in [0.4, 0.5) is 5.69 Å². The molecule has 0 saturated carbocycles. The zero-order valence-corrected chi connectivity index (χ0v) is 11.0. The van der Waals surface area contributed by atoms with Gasteiger partial charge in [0.2, 0.25) is 10.0 Å². The van der Waals surface area contributed by atoms with Crippen molar-refractivity contribution in [2.24, 2.45) is 0 Å². The van der Waals surface area contributed by atoms with Crippen LogP contribution in [0.5, 0.6) is 0 Å². The summed E-state index contributed by atoms with van der Waals surface area (Å²) in [4.78, 5) is 11.0. The molecule has 0 bridgehead atoms. The molecule has 18 heavy (non-hydrogen) atoms. The number of rotatable bonds is 6. The summed E-state index contributed by atoms with van der Waals surface area (Å²) in [5.74, 6) is -1.02. The van der Waals surface area contributed by atoms with E-state index in [-0.39, 0.29) is 10.6 Å². The summed E-state index contributed by atoms with van der Waals surface area (Å²) in [7, 11) is -2.31. The molecule has 1 unspecified atom stereocenters. The summed E-state index contributed by atoms with van der Waals surface area (Å²) in [6.07, 6.45) is 0.350. The van der Waals surface area contributed by atoms with Crippen molar-refractivity contribution in [1.29, 1.82) is 0 Å². The Balaban J connectivity index is 3.14. The number of carboxylic acid groups (broad SMARTS) is 1. The van der Waals surface area contributed by atoms with Crippen molar-refractivity contribution in [3.8, 4) is 0 Å². The second kappa shape index (κ2) is 5.83. The van der Waals surface area contributed by atoms with E-state index in [1.807, 2.05) is 0 Å². The van der Waals surface area contributed by atoms with Crippen molar-refractivity contribution >= 4 is 21.7 Å². The molecule has 0 aromatic heterocycles. The molecule has 1 aromatic carbocycles. The smallest absolute Gasteiger partial charge is 0.326 e. The fourth-order valence-electron chi connectivity index (χ4n) is 1.46. The maximum absolute atomic E-state index is 11.8. The highest BCUT2D eigenvalue weighted by molar-refractivity contribution is 7.89. The molecule has 100 valence electrons. The molecule has 0 amide bonds. The predicted octanol–water partition coefficient (Wildman–Crippen LogP) is 0.870. The van der Waals surface area contributed by atoms with E-state index in [9.17, 15) is 13.2 Å². The van der Waals surface area contributed by atoms with Gasteiger partial charge < -0.3 is 10.4 Å². The molecule has 1 aromatic rings. The van der Waals surface area contributed by atoms with Gasteiger partial charge >= 0.3 is 5.97 Å². The molecule has 0 heterocycles. The van der Waals surface area contributed by atoms with Crippen LogP contribution in [0.25, 0.3) is 0 Å². The van der Waals surface area contributed by atoms with E-state index in [4.69, 9.17) is 5.11 Å². The van der Waals surface area contributed by atoms with Crippen LogP contribution in [0.2, 0.25) is 0 Å². The Hall–Kier alpha value is -1.60. The summed E-state index contributed by atoms with van der Waals surface area (Å²) < 4.78 is 25.7. The molecule has 0 aliphatic carbocycles. The van der Waals surface area contributed by atoms with E-state index in [1.54, 1.807) is 19.1 Å². The first-order chi connectivity index (χ1) is 8.42. The van der Waals surface area contributed by atoms with Gasteiger partial charge in [-0.3, -0.25) is 0 Å². The second-order valence-electron chi connectivity index (χ2n) is 3.65. The lowest BCUT2D eigenvalue weighted by Crippen LogP contribution is -2.30. The molecule has 3 N–H and O–H groups in total. The monoisotopic (exact) mass is 272 g/mol. The third kappa shape index (κ3) is 3.21. The van der Waals surface area contributed by atoms with E-state index in [1.165, 1.54) is 19.2 Å². The van der Waals surface area contributed by atoms with Gasteiger partial charge in [-0.1, -0.05) is 19.1 Å². The Morgan fingerprint density at radius 3 is 2.50 bits per heavy atom. The first-order valence-electron chi connectivity index (χ1n) is 5.44. The zero-order chi connectivity index (χ0) is 13.8. The molecule has 7 heteroatoms. The van der Waals surface area contributed by atoms with Gasteiger partial charge in [-0.2, -0.15) is 0 Å². The lowest BCUT2D eigenvalue weighted by Gasteiger charge is -2.16. The lowest BCUT2D eigenvalue weighted by atomic mass is 10.2. The number of para-hydroxylation sites is 1. The molecular formula is C11H16N2O4S. The van der Waals surface area contributed by atoms with Crippen LogP contribution in [0.15, 0.2) is 29.2 Å². The van der Waals surface area contributed by atoms with Crippen LogP contribution in [0.1, 0.15) is 13.3 Å². The molecule has 0 saturated heterocycles. The summed E-state index contributed by atoms with van der Waals surface area (Å²) >= 11 is 0. The van der Waals surface area contributed by atoms with Crippen molar-refractivity contribution in [2.75, 3.05) is 12.4 Å². The number of carbonyl (C=O) groups is 1. The minimum absolute atomic E-state index is 0.0344. The number of carboxylic acids is 1. The van der Waals surface area contributed by atoms with E-state index < -0.39 is 22.0 Å². The zero-order valence-electron chi connectivity index (χ0n) is 10.2. The SMILES string of the molecule is CCC(Nc1ccccc1S(=O)(=O)NC)C(=O)O. The summed E-state index contributed by atoms with van der Waals surface area (Å²) in [5.41, 5.74) is 0.279. The Morgan fingerprint density at radius 1 is 1.39 bits per heavy atom. The molecular weight excluding hydrogens is 256 g/mol. The fraction of sp³-hybridized carbons (Fsp3) is 0.364. The molecule has 0 spiro atoms. The minimum Gasteiger partial charge on any atom is -0.480 e. The molecule has 0 aliphatic heterocycles. The summed E-state index contributed by atoms with van der Waals surface area (Å²) in [6, 6.07) is 5.36. The van der Waals surface area contributed by atoms with Crippen molar-refractivity contribution in [3.63, 3.8) is 0 Å². The molecule has 0 radical (unpaired) electrons.